The Morgan fingerprint density at radius 1 is 1.43 bits per heavy atom. The summed E-state index contributed by atoms with van der Waals surface area (Å²) in [6.07, 6.45) is 3.59. The molecule has 0 bridgehead atoms. The molecule has 0 saturated heterocycles. The monoisotopic (exact) mass is 215 g/mol. The molecule has 2 N–H and O–H groups in total. The van der Waals surface area contributed by atoms with E-state index in [9.17, 15) is 4.39 Å². The topological polar surface area (TPSA) is 26.0 Å². The van der Waals surface area contributed by atoms with Crippen LogP contribution in [-0.4, -0.2) is 0 Å². The van der Waals surface area contributed by atoms with E-state index < -0.39 is 0 Å². The highest BCUT2D eigenvalue weighted by atomic mass is 35.5. The Hall–Kier alpha value is -0.600. The average Bonchev–Trinajstić information content (AvgIpc) is 2.88. The first-order valence-electron chi connectivity index (χ1n) is 4.77. The number of rotatable bonds is 3. The van der Waals surface area contributed by atoms with Crippen LogP contribution in [-0.2, 0) is 0 Å². The van der Waals surface area contributed by atoms with Crippen molar-refractivity contribution >= 4 is 12.4 Å². The molecule has 0 radical (unpaired) electrons. The smallest absolute Gasteiger partial charge is 0.123 e. The fourth-order valence-electron chi connectivity index (χ4n) is 1.59. The van der Waals surface area contributed by atoms with Crippen LogP contribution in [0.4, 0.5) is 4.39 Å². The molecule has 1 atom stereocenters. The van der Waals surface area contributed by atoms with Gasteiger partial charge in [-0.3, -0.25) is 0 Å². The normalized spacial score (nSPS) is 17.3. The van der Waals surface area contributed by atoms with Crippen molar-refractivity contribution in [2.75, 3.05) is 0 Å². The Kier molecular flexibility index (Phi) is 3.90. The highest BCUT2D eigenvalue weighted by Crippen LogP contribution is 2.36. The van der Waals surface area contributed by atoms with Crippen LogP contribution in [0.5, 0.6) is 0 Å². The number of benzene rings is 1. The van der Waals surface area contributed by atoms with Crippen molar-refractivity contribution in [2.45, 2.75) is 25.3 Å². The number of hydrogen-bond donors (Lipinski definition) is 1. The maximum absolute atomic E-state index is 12.8. The summed E-state index contributed by atoms with van der Waals surface area (Å²) in [5, 5.41) is 0. The van der Waals surface area contributed by atoms with Crippen molar-refractivity contribution < 1.29 is 4.39 Å². The molecule has 78 valence electrons. The van der Waals surface area contributed by atoms with Gasteiger partial charge in [-0.1, -0.05) is 25.0 Å². The quantitative estimate of drug-likeness (QED) is 0.824. The van der Waals surface area contributed by atoms with Crippen LogP contribution in [0, 0.1) is 11.7 Å². The molecule has 3 heteroatoms. The third-order valence-electron chi connectivity index (χ3n) is 2.56. The van der Waals surface area contributed by atoms with Gasteiger partial charge in [-0.25, -0.2) is 4.39 Å². The van der Waals surface area contributed by atoms with Gasteiger partial charge in [-0.15, -0.1) is 12.4 Å². The van der Waals surface area contributed by atoms with Crippen LogP contribution in [0.1, 0.15) is 30.9 Å². The molecule has 1 saturated carbocycles. The second kappa shape index (κ2) is 4.76. The summed E-state index contributed by atoms with van der Waals surface area (Å²) in [6.45, 7) is 0. The number of halogens is 2. The molecule has 0 spiro atoms. The van der Waals surface area contributed by atoms with Crippen LogP contribution in [0.2, 0.25) is 0 Å². The summed E-state index contributed by atoms with van der Waals surface area (Å²) in [6, 6.07) is 6.62. The maximum atomic E-state index is 12.8. The van der Waals surface area contributed by atoms with Gasteiger partial charge in [0.2, 0.25) is 0 Å². The highest BCUT2D eigenvalue weighted by molar-refractivity contribution is 5.85. The molecule has 1 aliphatic rings. The average molecular weight is 216 g/mol. The molecular formula is C11H15ClFN. The Bertz CT molecular complexity index is 299. The van der Waals surface area contributed by atoms with E-state index in [-0.39, 0.29) is 24.3 Å². The molecule has 0 heterocycles. The van der Waals surface area contributed by atoms with Gasteiger partial charge in [-0.2, -0.15) is 0 Å². The van der Waals surface area contributed by atoms with E-state index in [4.69, 9.17) is 5.73 Å². The van der Waals surface area contributed by atoms with Crippen molar-refractivity contribution in [3.63, 3.8) is 0 Å². The lowest BCUT2D eigenvalue weighted by molar-refractivity contribution is 0.583. The lowest BCUT2D eigenvalue weighted by Crippen LogP contribution is -2.10. The van der Waals surface area contributed by atoms with Crippen LogP contribution in [0.25, 0.3) is 0 Å². The van der Waals surface area contributed by atoms with E-state index in [1.165, 1.54) is 25.0 Å². The van der Waals surface area contributed by atoms with Gasteiger partial charge in [0.1, 0.15) is 5.82 Å². The first-order valence-corrected chi connectivity index (χ1v) is 4.77. The number of nitrogens with two attached hydrogens (primary N) is 1. The summed E-state index contributed by atoms with van der Waals surface area (Å²) in [7, 11) is 0. The van der Waals surface area contributed by atoms with Gasteiger partial charge in [0.25, 0.3) is 0 Å². The van der Waals surface area contributed by atoms with E-state index in [0.29, 0.717) is 0 Å². The van der Waals surface area contributed by atoms with Gasteiger partial charge in [0.15, 0.2) is 0 Å². The van der Waals surface area contributed by atoms with E-state index >= 15 is 0 Å². The lowest BCUT2D eigenvalue weighted by atomic mass is 10.0. The zero-order chi connectivity index (χ0) is 9.26. The van der Waals surface area contributed by atoms with E-state index in [0.717, 1.165) is 17.9 Å². The minimum absolute atomic E-state index is 0. The Labute approximate surface area is 89.9 Å². The van der Waals surface area contributed by atoms with E-state index in [2.05, 4.69) is 0 Å². The minimum atomic E-state index is -0.191. The van der Waals surface area contributed by atoms with E-state index in [1.54, 1.807) is 6.07 Å². The Morgan fingerprint density at radius 2 is 2.14 bits per heavy atom. The largest absolute Gasteiger partial charge is 0.324 e. The van der Waals surface area contributed by atoms with Crippen LogP contribution in [0.15, 0.2) is 24.3 Å². The summed E-state index contributed by atoms with van der Waals surface area (Å²) in [4.78, 5) is 0. The van der Waals surface area contributed by atoms with E-state index in [1.807, 2.05) is 6.07 Å². The molecule has 14 heavy (non-hydrogen) atoms. The zero-order valence-corrected chi connectivity index (χ0v) is 8.77. The molecule has 1 aromatic carbocycles. The molecule has 1 fully saturated rings. The van der Waals surface area contributed by atoms with Gasteiger partial charge in [0.05, 0.1) is 0 Å². The van der Waals surface area contributed by atoms with Crippen LogP contribution in [0.3, 0.4) is 0 Å². The first kappa shape index (κ1) is 11.5. The van der Waals surface area contributed by atoms with Crippen molar-refractivity contribution in [1.29, 1.82) is 0 Å². The summed E-state index contributed by atoms with van der Waals surface area (Å²) < 4.78 is 12.8. The predicted molar refractivity (Wildman–Crippen MR) is 57.9 cm³/mol. The lowest BCUT2D eigenvalue weighted by Gasteiger charge is -2.10. The predicted octanol–water partition coefficient (Wildman–Crippen LogP) is 3.05. The minimum Gasteiger partial charge on any atom is -0.324 e. The fourth-order valence-corrected chi connectivity index (χ4v) is 1.59. The molecule has 1 nitrogen and oxygen atoms in total. The molecule has 2 rings (SSSR count). The summed E-state index contributed by atoms with van der Waals surface area (Å²) >= 11 is 0. The Balaban J connectivity index is 0.000000980. The van der Waals surface area contributed by atoms with Crippen molar-refractivity contribution in [1.82, 2.24) is 0 Å². The first-order chi connectivity index (χ1) is 6.25. The molecule has 0 aliphatic heterocycles. The maximum Gasteiger partial charge on any atom is 0.123 e. The molecule has 0 aromatic heterocycles. The molecule has 1 aromatic rings. The van der Waals surface area contributed by atoms with Crippen molar-refractivity contribution in [3.8, 4) is 0 Å². The summed E-state index contributed by atoms with van der Waals surface area (Å²) in [5.41, 5.74) is 6.86. The number of hydrogen-bond acceptors (Lipinski definition) is 1. The van der Waals surface area contributed by atoms with Crippen LogP contribution >= 0.6 is 12.4 Å². The highest BCUT2D eigenvalue weighted by Gasteiger charge is 2.24. The SMILES string of the molecule is Cl.NC(CC1CC1)c1cccc(F)c1. The second-order valence-corrected chi connectivity index (χ2v) is 3.84. The van der Waals surface area contributed by atoms with Gasteiger partial charge in [0, 0.05) is 6.04 Å². The molecular weight excluding hydrogens is 201 g/mol. The van der Waals surface area contributed by atoms with Gasteiger partial charge >= 0.3 is 0 Å². The Morgan fingerprint density at radius 3 is 2.71 bits per heavy atom. The van der Waals surface area contributed by atoms with Gasteiger partial charge in [-0.05, 0) is 30.0 Å². The second-order valence-electron chi connectivity index (χ2n) is 3.84. The third-order valence-corrected chi connectivity index (χ3v) is 2.56. The molecule has 1 unspecified atom stereocenters. The van der Waals surface area contributed by atoms with Crippen molar-refractivity contribution in [3.05, 3.63) is 35.6 Å². The molecule has 0 amide bonds. The molecule has 1 aliphatic carbocycles. The standard InChI is InChI=1S/C11H14FN.ClH/c12-10-3-1-2-9(7-10)11(13)6-8-4-5-8;/h1-3,7-8,11H,4-6,13H2;1H. The van der Waals surface area contributed by atoms with Crippen LogP contribution < -0.4 is 5.73 Å². The fraction of sp³-hybridized carbons (Fsp3) is 0.455. The zero-order valence-electron chi connectivity index (χ0n) is 7.95. The third kappa shape index (κ3) is 2.96. The van der Waals surface area contributed by atoms with Gasteiger partial charge < -0.3 is 5.73 Å². The summed E-state index contributed by atoms with van der Waals surface area (Å²) in [5.74, 6) is 0.599. The van der Waals surface area contributed by atoms with Crippen molar-refractivity contribution in [2.24, 2.45) is 11.7 Å².